The first-order valence-corrected chi connectivity index (χ1v) is 8.04. The summed E-state index contributed by atoms with van der Waals surface area (Å²) in [5.74, 6) is -0.969. The second-order valence-corrected chi connectivity index (χ2v) is 7.31. The molecule has 0 aliphatic carbocycles. The fourth-order valence-corrected chi connectivity index (χ4v) is 2.44. The highest BCUT2D eigenvalue weighted by molar-refractivity contribution is 6.61. The Hall–Kier alpha value is -1.86. The molecule has 130 valence electrons. The smallest absolute Gasteiger partial charge is 0.458 e. The second kappa shape index (κ2) is 6.95. The molecular formula is C17H24BNO5. The van der Waals surface area contributed by atoms with Crippen molar-refractivity contribution in [3.05, 3.63) is 29.3 Å². The van der Waals surface area contributed by atoms with E-state index in [9.17, 15) is 14.6 Å². The Labute approximate surface area is 142 Å². The zero-order chi connectivity index (χ0) is 18.1. The van der Waals surface area contributed by atoms with Gasteiger partial charge in [0.2, 0.25) is 0 Å². The molecule has 0 bridgehead atoms. The molecule has 1 amide bonds. The molecule has 2 rings (SSSR count). The van der Waals surface area contributed by atoms with E-state index in [0.717, 1.165) is 5.56 Å². The summed E-state index contributed by atoms with van der Waals surface area (Å²) in [7, 11) is -1.01. The lowest BCUT2D eigenvalue weighted by molar-refractivity contribution is -0.158. The highest BCUT2D eigenvalue weighted by Gasteiger charge is 2.31. The summed E-state index contributed by atoms with van der Waals surface area (Å²) in [4.78, 5) is 24.8. The number of fused-ring (bicyclic) bond motifs is 1. The third kappa shape index (κ3) is 4.36. The van der Waals surface area contributed by atoms with Crippen molar-refractivity contribution in [3.8, 4) is 0 Å². The average molecular weight is 333 g/mol. The van der Waals surface area contributed by atoms with Crippen molar-refractivity contribution >= 4 is 24.5 Å². The van der Waals surface area contributed by atoms with Crippen LogP contribution in [0.15, 0.2) is 18.2 Å². The Morgan fingerprint density at radius 3 is 2.58 bits per heavy atom. The van der Waals surface area contributed by atoms with Crippen molar-refractivity contribution in [3.63, 3.8) is 0 Å². The van der Waals surface area contributed by atoms with Crippen LogP contribution in [0.1, 0.15) is 50.5 Å². The maximum atomic E-state index is 12.5. The van der Waals surface area contributed by atoms with Gasteiger partial charge in [0.25, 0.3) is 5.91 Å². The van der Waals surface area contributed by atoms with Gasteiger partial charge < -0.3 is 19.7 Å². The van der Waals surface area contributed by atoms with E-state index in [1.165, 1.54) is 0 Å². The van der Waals surface area contributed by atoms with Crippen molar-refractivity contribution in [1.82, 2.24) is 5.32 Å². The van der Waals surface area contributed by atoms with Gasteiger partial charge in [-0.2, -0.15) is 0 Å². The van der Waals surface area contributed by atoms with E-state index in [1.54, 1.807) is 39.0 Å². The van der Waals surface area contributed by atoms with Gasteiger partial charge in [-0.3, -0.25) is 4.79 Å². The minimum atomic E-state index is -1.01. The normalized spacial score (nSPS) is 15.2. The number of ether oxygens (including phenoxy) is 1. The molecule has 0 spiro atoms. The molecule has 1 aliphatic heterocycles. The average Bonchev–Trinajstić information content (AvgIpc) is 2.83. The first-order valence-electron chi connectivity index (χ1n) is 8.04. The van der Waals surface area contributed by atoms with Crippen LogP contribution in [0.4, 0.5) is 0 Å². The fourth-order valence-electron chi connectivity index (χ4n) is 2.44. The van der Waals surface area contributed by atoms with E-state index < -0.39 is 24.7 Å². The Bertz CT molecular complexity index is 638. The first-order chi connectivity index (χ1) is 11.1. The van der Waals surface area contributed by atoms with Crippen molar-refractivity contribution in [2.45, 2.75) is 52.9 Å². The molecule has 0 aromatic heterocycles. The van der Waals surface area contributed by atoms with Crippen LogP contribution in [0.5, 0.6) is 0 Å². The minimum absolute atomic E-state index is 0.118. The van der Waals surface area contributed by atoms with E-state index in [1.807, 2.05) is 13.8 Å². The minimum Gasteiger partial charge on any atom is -0.458 e. The summed E-state index contributed by atoms with van der Waals surface area (Å²) in [6.45, 7) is 9.36. The number of benzene rings is 1. The van der Waals surface area contributed by atoms with Crippen LogP contribution in [0.3, 0.4) is 0 Å². The van der Waals surface area contributed by atoms with E-state index in [0.29, 0.717) is 17.6 Å². The van der Waals surface area contributed by atoms with Gasteiger partial charge in [0, 0.05) is 5.56 Å². The van der Waals surface area contributed by atoms with Gasteiger partial charge >= 0.3 is 13.1 Å². The highest BCUT2D eigenvalue weighted by atomic mass is 16.6. The number of nitrogens with one attached hydrogen (secondary N) is 1. The van der Waals surface area contributed by atoms with Crippen molar-refractivity contribution in [2.24, 2.45) is 5.92 Å². The molecule has 6 nitrogen and oxygen atoms in total. The molecule has 1 aromatic rings. The van der Waals surface area contributed by atoms with E-state index >= 15 is 0 Å². The number of amides is 1. The lowest BCUT2D eigenvalue weighted by Gasteiger charge is -2.26. The lowest BCUT2D eigenvalue weighted by atomic mass is 9.78. The number of carbonyl (C=O) groups excluding carboxylic acids is 2. The second-order valence-electron chi connectivity index (χ2n) is 7.31. The molecule has 1 atom stereocenters. The van der Waals surface area contributed by atoms with Crippen molar-refractivity contribution < 1.29 is 24.0 Å². The summed E-state index contributed by atoms with van der Waals surface area (Å²) in [5.41, 5.74) is 1.18. The van der Waals surface area contributed by atoms with E-state index in [2.05, 4.69) is 5.32 Å². The molecule has 0 radical (unpaired) electrons. The molecule has 2 N–H and O–H groups in total. The summed E-state index contributed by atoms with van der Waals surface area (Å²) < 4.78 is 10.5. The number of esters is 1. The van der Waals surface area contributed by atoms with E-state index in [-0.39, 0.29) is 11.8 Å². The van der Waals surface area contributed by atoms with Gasteiger partial charge in [0.05, 0.1) is 6.61 Å². The summed E-state index contributed by atoms with van der Waals surface area (Å²) in [6, 6.07) is 4.25. The third-order valence-electron chi connectivity index (χ3n) is 3.68. The SMILES string of the molecule is CC(C)C(NC(=O)c1ccc2c(c1)B(O)OC2)C(=O)OC(C)(C)C. The molecule has 1 aromatic carbocycles. The number of hydrogen-bond donors (Lipinski definition) is 2. The van der Waals surface area contributed by atoms with Gasteiger partial charge in [-0.1, -0.05) is 19.9 Å². The maximum Gasteiger partial charge on any atom is 0.491 e. The quantitative estimate of drug-likeness (QED) is 0.634. The Balaban J connectivity index is 2.14. The van der Waals surface area contributed by atoms with Crippen LogP contribution in [-0.2, 0) is 20.8 Å². The largest absolute Gasteiger partial charge is 0.491 e. The zero-order valence-corrected chi connectivity index (χ0v) is 14.8. The molecule has 0 saturated carbocycles. The van der Waals surface area contributed by atoms with Gasteiger partial charge in [-0.25, -0.2) is 4.79 Å². The molecule has 0 fully saturated rings. The third-order valence-corrected chi connectivity index (χ3v) is 3.68. The maximum absolute atomic E-state index is 12.5. The molecule has 7 heteroatoms. The molecule has 1 heterocycles. The number of carbonyl (C=O) groups is 2. The van der Waals surface area contributed by atoms with Gasteiger partial charge in [-0.05, 0) is 49.8 Å². The Kier molecular flexibility index (Phi) is 5.35. The standard InChI is InChI=1S/C17H24BNO5/c1-10(2)14(16(21)24-17(3,4)5)19-15(20)11-6-7-12-9-23-18(22)13(12)8-11/h6-8,10,14,22H,9H2,1-5H3,(H,19,20). The number of hydrogen-bond acceptors (Lipinski definition) is 5. The van der Waals surface area contributed by atoms with Gasteiger partial charge in [0.1, 0.15) is 11.6 Å². The van der Waals surface area contributed by atoms with Crippen molar-refractivity contribution in [2.75, 3.05) is 0 Å². The molecule has 0 saturated heterocycles. The zero-order valence-electron chi connectivity index (χ0n) is 14.8. The van der Waals surface area contributed by atoms with Crippen molar-refractivity contribution in [1.29, 1.82) is 0 Å². The van der Waals surface area contributed by atoms with Crippen LogP contribution in [0, 0.1) is 5.92 Å². The first kappa shape index (κ1) is 18.5. The Morgan fingerprint density at radius 1 is 1.33 bits per heavy atom. The van der Waals surface area contributed by atoms with Crippen LogP contribution < -0.4 is 10.8 Å². The van der Waals surface area contributed by atoms with Gasteiger partial charge in [-0.15, -0.1) is 0 Å². The highest BCUT2D eigenvalue weighted by Crippen LogP contribution is 2.14. The predicted octanol–water partition coefficient (Wildman–Crippen LogP) is 1.00. The summed E-state index contributed by atoms with van der Waals surface area (Å²) >= 11 is 0. The molecule has 1 unspecified atom stereocenters. The fraction of sp³-hybridized carbons (Fsp3) is 0.529. The number of rotatable bonds is 4. The van der Waals surface area contributed by atoms with Gasteiger partial charge in [0.15, 0.2) is 0 Å². The topological polar surface area (TPSA) is 84.9 Å². The van der Waals surface area contributed by atoms with Crippen LogP contribution in [0.2, 0.25) is 0 Å². The molecule has 1 aliphatic rings. The summed E-state index contributed by atoms with van der Waals surface area (Å²) in [6.07, 6.45) is 0. The van der Waals surface area contributed by atoms with E-state index in [4.69, 9.17) is 9.39 Å². The predicted molar refractivity (Wildman–Crippen MR) is 90.8 cm³/mol. The van der Waals surface area contributed by atoms with Crippen LogP contribution >= 0.6 is 0 Å². The molecular weight excluding hydrogens is 309 g/mol. The molecule has 24 heavy (non-hydrogen) atoms. The van der Waals surface area contributed by atoms with Crippen LogP contribution in [-0.4, -0.2) is 35.7 Å². The lowest BCUT2D eigenvalue weighted by Crippen LogP contribution is -2.47. The Morgan fingerprint density at radius 2 is 2.00 bits per heavy atom. The monoisotopic (exact) mass is 333 g/mol. The van der Waals surface area contributed by atoms with Crippen LogP contribution in [0.25, 0.3) is 0 Å². The summed E-state index contributed by atoms with van der Waals surface area (Å²) in [5, 5.41) is 12.5.